The van der Waals surface area contributed by atoms with Gasteiger partial charge < -0.3 is 10.1 Å². The first-order valence-electron chi connectivity index (χ1n) is 4.86. The second-order valence-corrected chi connectivity index (χ2v) is 4.48. The van der Waals surface area contributed by atoms with Crippen LogP contribution in [0.25, 0.3) is 0 Å². The van der Waals surface area contributed by atoms with Crippen LogP contribution >= 0.6 is 0 Å². The molecule has 1 heterocycles. The quantitative estimate of drug-likeness (QED) is 0.366. The topological polar surface area (TPSA) is 84.7 Å². The van der Waals surface area contributed by atoms with E-state index in [0.717, 1.165) is 5.01 Å². The standard InChI is InChI=1S/C9H17N3O3/c1-9(2,3)15-8(14)12(10)6-4-5-11-7(6)13/h6H,4-5,10H2,1-3H3,(H,11,13). The third kappa shape index (κ3) is 3.09. The largest absolute Gasteiger partial charge is 0.443 e. The fraction of sp³-hybridized carbons (Fsp3) is 0.778. The van der Waals surface area contributed by atoms with Crippen LogP contribution in [0.5, 0.6) is 0 Å². The molecule has 0 radical (unpaired) electrons. The molecule has 86 valence electrons. The van der Waals surface area contributed by atoms with Gasteiger partial charge in [-0.15, -0.1) is 0 Å². The van der Waals surface area contributed by atoms with Crippen molar-refractivity contribution in [3.63, 3.8) is 0 Å². The van der Waals surface area contributed by atoms with Gasteiger partial charge in [0.15, 0.2) is 0 Å². The molecule has 1 rings (SSSR count). The molecule has 6 nitrogen and oxygen atoms in total. The molecule has 1 aliphatic heterocycles. The molecule has 0 aliphatic carbocycles. The Morgan fingerprint density at radius 2 is 2.20 bits per heavy atom. The maximum Gasteiger partial charge on any atom is 0.425 e. The summed E-state index contributed by atoms with van der Waals surface area (Å²) in [6.45, 7) is 5.77. The van der Waals surface area contributed by atoms with Gasteiger partial charge in [-0.05, 0) is 27.2 Å². The predicted molar refractivity (Wildman–Crippen MR) is 53.7 cm³/mol. The van der Waals surface area contributed by atoms with Gasteiger partial charge in [-0.25, -0.2) is 15.6 Å². The number of rotatable bonds is 1. The summed E-state index contributed by atoms with van der Waals surface area (Å²) < 4.78 is 5.04. The lowest BCUT2D eigenvalue weighted by atomic mass is 10.2. The van der Waals surface area contributed by atoms with Crippen LogP contribution in [-0.4, -0.2) is 35.2 Å². The lowest BCUT2D eigenvalue weighted by molar-refractivity contribution is -0.123. The maximum absolute atomic E-state index is 11.5. The molecular weight excluding hydrogens is 198 g/mol. The number of hydrogen-bond acceptors (Lipinski definition) is 4. The average molecular weight is 215 g/mol. The van der Waals surface area contributed by atoms with E-state index in [1.807, 2.05) is 0 Å². The van der Waals surface area contributed by atoms with Gasteiger partial charge in [-0.2, -0.15) is 0 Å². The molecule has 1 unspecified atom stereocenters. The van der Waals surface area contributed by atoms with Crippen LogP contribution in [0.3, 0.4) is 0 Å². The van der Waals surface area contributed by atoms with Gasteiger partial charge in [-0.1, -0.05) is 0 Å². The second kappa shape index (κ2) is 4.06. The Morgan fingerprint density at radius 3 is 2.60 bits per heavy atom. The first-order valence-corrected chi connectivity index (χ1v) is 4.86. The lowest BCUT2D eigenvalue weighted by Crippen LogP contribution is -2.50. The van der Waals surface area contributed by atoms with E-state index in [0.29, 0.717) is 13.0 Å². The van der Waals surface area contributed by atoms with Crippen molar-refractivity contribution >= 4 is 12.0 Å². The highest BCUT2D eigenvalue weighted by molar-refractivity contribution is 5.87. The van der Waals surface area contributed by atoms with Gasteiger partial charge in [0.2, 0.25) is 5.91 Å². The van der Waals surface area contributed by atoms with Crippen molar-refractivity contribution in [1.82, 2.24) is 10.3 Å². The van der Waals surface area contributed by atoms with Gasteiger partial charge in [0.1, 0.15) is 11.6 Å². The Morgan fingerprint density at radius 1 is 1.60 bits per heavy atom. The maximum atomic E-state index is 11.5. The van der Waals surface area contributed by atoms with E-state index in [1.54, 1.807) is 20.8 Å². The number of hydrazine groups is 1. The number of amides is 2. The molecule has 1 atom stereocenters. The third-order valence-corrected chi connectivity index (χ3v) is 1.96. The summed E-state index contributed by atoms with van der Waals surface area (Å²) in [5, 5.41) is 3.45. The number of carbonyl (C=O) groups is 2. The number of nitrogens with one attached hydrogen (secondary N) is 1. The normalized spacial score (nSPS) is 21.1. The number of hydrogen-bond donors (Lipinski definition) is 2. The Bertz CT molecular complexity index is 272. The van der Waals surface area contributed by atoms with E-state index >= 15 is 0 Å². The Hall–Kier alpha value is -1.30. The fourth-order valence-corrected chi connectivity index (χ4v) is 1.29. The van der Waals surface area contributed by atoms with Gasteiger partial charge in [0.25, 0.3) is 0 Å². The number of nitrogens with two attached hydrogens (primary N) is 1. The van der Waals surface area contributed by atoms with Crippen molar-refractivity contribution in [3.05, 3.63) is 0 Å². The molecule has 0 aromatic rings. The molecule has 2 amide bonds. The number of nitrogens with zero attached hydrogens (tertiary/aromatic N) is 1. The first-order chi connectivity index (χ1) is 6.81. The molecule has 3 N–H and O–H groups in total. The molecule has 1 aliphatic rings. The summed E-state index contributed by atoms with van der Waals surface area (Å²) in [5.41, 5.74) is -0.607. The monoisotopic (exact) mass is 215 g/mol. The van der Waals surface area contributed by atoms with Crippen LogP contribution in [0.15, 0.2) is 0 Å². The van der Waals surface area contributed by atoms with E-state index in [-0.39, 0.29) is 5.91 Å². The smallest absolute Gasteiger partial charge is 0.425 e. The zero-order chi connectivity index (χ0) is 11.6. The first kappa shape index (κ1) is 11.8. The fourth-order valence-electron chi connectivity index (χ4n) is 1.29. The molecule has 15 heavy (non-hydrogen) atoms. The highest BCUT2D eigenvalue weighted by Gasteiger charge is 2.33. The number of carbonyl (C=O) groups excluding carboxylic acids is 2. The van der Waals surface area contributed by atoms with E-state index < -0.39 is 17.7 Å². The number of ether oxygens (including phenoxy) is 1. The van der Waals surface area contributed by atoms with Gasteiger partial charge in [-0.3, -0.25) is 4.79 Å². The zero-order valence-corrected chi connectivity index (χ0v) is 9.24. The molecule has 1 fully saturated rings. The minimum absolute atomic E-state index is 0.233. The molecule has 0 spiro atoms. The van der Waals surface area contributed by atoms with Crippen molar-refractivity contribution in [3.8, 4) is 0 Å². The summed E-state index contributed by atoms with van der Waals surface area (Å²) in [6, 6.07) is -0.611. The second-order valence-electron chi connectivity index (χ2n) is 4.48. The molecule has 6 heteroatoms. The average Bonchev–Trinajstić information content (AvgIpc) is 2.47. The zero-order valence-electron chi connectivity index (χ0n) is 9.24. The van der Waals surface area contributed by atoms with Crippen molar-refractivity contribution in [2.75, 3.05) is 6.54 Å². The minimum Gasteiger partial charge on any atom is -0.443 e. The Balaban J connectivity index is 2.56. The Kier molecular flexibility index (Phi) is 3.18. The molecular formula is C9H17N3O3. The van der Waals surface area contributed by atoms with Crippen LogP contribution in [0.1, 0.15) is 27.2 Å². The van der Waals surface area contributed by atoms with Gasteiger partial charge >= 0.3 is 6.09 Å². The van der Waals surface area contributed by atoms with E-state index in [1.165, 1.54) is 0 Å². The van der Waals surface area contributed by atoms with Gasteiger partial charge in [0.05, 0.1) is 0 Å². The van der Waals surface area contributed by atoms with Crippen molar-refractivity contribution in [2.45, 2.75) is 38.8 Å². The predicted octanol–water partition coefficient (Wildman–Crippen LogP) is -0.0143. The molecule has 0 bridgehead atoms. The van der Waals surface area contributed by atoms with Gasteiger partial charge in [0, 0.05) is 6.54 Å². The van der Waals surface area contributed by atoms with E-state index in [4.69, 9.17) is 10.6 Å². The van der Waals surface area contributed by atoms with E-state index in [2.05, 4.69) is 5.32 Å². The summed E-state index contributed by atoms with van der Waals surface area (Å²) in [5.74, 6) is 5.29. The molecule has 0 aromatic carbocycles. The van der Waals surface area contributed by atoms with Crippen LogP contribution in [0.4, 0.5) is 4.79 Å². The summed E-state index contributed by atoms with van der Waals surface area (Å²) in [6.07, 6.45) is -0.154. The lowest BCUT2D eigenvalue weighted by Gasteiger charge is -2.26. The molecule has 0 saturated carbocycles. The molecule has 1 saturated heterocycles. The highest BCUT2D eigenvalue weighted by Crippen LogP contribution is 2.12. The summed E-state index contributed by atoms with van der Waals surface area (Å²) >= 11 is 0. The van der Waals surface area contributed by atoms with Crippen molar-refractivity contribution in [1.29, 1.82) is 0 Å². The summed E-state index contributed by atoms with van der Waals surface area (Å²) in [7, 11) is 0. The third-order valence-electron chi connectivity index (χ3n) is 1.96. The Labute approximate surface area is 88.7 Å². The van der Waals surface area contributed by atoms with Crippen LogP contribution < -0.4 is 11.2 Å². The SMILES string of the molecule is CC(C)(C)OC(=O)N(N)C1CCNC1=O. The minimum atomic E-state index is -0.676. The highest BCUT2D eigenvalue weighted by atomic mass is 16.6. The van der Waals surface area contributed by atoms with Crippen LogP contribution in [0.2, 0.25) is 0 Å². The van der Waals surface area contributed by atoms with Crippen LogP contribution in [0, 0.1) is 0 Å². The van der Waals surface area contributed by atoms with Crippen molar-refractivity contribution < 1.29 is 14.3 Å². The van der Waals surface area contributed by atoms with Crippen molar-refractivity contribution in [2.24, 2.45) is 5.84 Å². The summed E-state index contributed by atoms with van der Waals surface area (Å²) in [4.78, 5) is 22.7. The van der Waals surface area contributed by atoms with Crippen LogP contribution in [-0.2, 0) is 9.53 Å². The molecule has 0 aromatic heterocycles. The van der Waals surface area contributed by atoms with E-state index in [9.17, 15) is 9.59 Å².